The first-order valence-electron chi connectivity index (χ1n) is 9.75. The summed E-state index contributed by atoms with van der Waals surface area (Å²) in [6.07, 6.45) is -1.11. The van der Waals surface area contributed by atoms with Crippen LogP contribution < -0.4 is 10.6 Å². The molecule has 3 aromatic rings. The van der Waals surface area contributed by atoms with Crippen LogP contribution in [0.5, 0.6) is 0 Å². The van der Waals surface area contributed by atoms with Crippen molar-refractivity contribution >= 4 is 63.0 Å². The van der Waals surface area contributed by atoms with E-state index in [-0.39, 0.29) is 6.61 Å². The van der Waals surface area contributed by atoms with Crippen LogP contribution in [0, 0.1) is 6.92 Å². The third-order valence-electron chi connectivity index (χ3n) is 4.55. The molecular formula is C23H21Cl3N2O3S. The van der Waals surface area contributed by atoms with Crippen LogP contribution in [0.3, 0.4) is 0 Å². The molecule has 1 aromatic heterocycles. The standard InChI is InChI=1S/C23H21Cl3N2O3S/c1-3-31-21(30)18-17(15-7-5-4-6-8-15)13-32-20(18)28-22(23(24,25)26)27-19(29)16-11-9-14(2)10-12-16/h4-13,22,28H,3H2,1-2H3,(H,27,29). The van der Waals surface area contributed by atoms with Gasteiger partial charge in [-0.25, -0.2) is 4.79 Å². The van der Waals surface area contributed by atoms with Crippen molar-refractivity contribution in [2.75, 3.05) is 11.9 Å². The number of esters is 1. The second-order valence-corrected chi connectivity index (χ2v) is 10.1. The van der Waals surface area contributed by atoms with Gasteiger partial charge in [0.25, 0.3) is 5.91 Å². The number of amides is 1. The molecule has 1 heterocycles. The molecule has 2 N–H and O–H groups in total. The summed E-state index contributed by atoms with van der Waals surface area (Å²) in [7, 11) is 0. The van der Waals surface area contributed by atoms with Gasteiger partial charge in [-0.15, -0.1) is 11.3 Å². The number of nitrogens with one attached hydrogen (secondary N) is 2. The quantitative estimate of drug-likeness (QED) is 0.218. The van der Waals surface area contributed by atoms with Crippen LogP contribution in [0.15, 0.2) is 60.0 Å². The van der Waals surface area contributed by atoms with Crippen molar-refractivity contribution in [3.05, 3.63) is 76.7 Å². The average Bonchev–Trinajstić information content (AvgIpc) is 3.17. The number of thiophene rings is 1. The van der Waals surface area contributed by atoms with Crippen LogP contribution in [-0.2, 0) is 4.74 Å². The smallest absolute Gasteiger partial charge is 0.341 e. The highest BCUT2D eigenvalue weighted by molar-refractivity contribution is 7.15. The summed E-state index contributed by atoms with van der Waals surface area (Å²) in [5.74, 6) is -0.936. The maximum absolute atomic E-state index is 12.8. The molecule has 0 aliphatic heterocycles. The van der Waals surface area contributed by atoms with Gasteiger partial charge in [0.15, 0.2) is 0 Å². The van der Waals surface area contributed by atoms with Crippen molar-refractivity contribution in [3.63, 3.8) is 0 Å². The second-order valence-electron chi connectivity index (χ2n) is 6.90. The van der Waals surface area contributed by atoms with Gasteiger partial charge in [-0.1, -0.05) is 82.8 Å². The zero-order valence-electron chi connectivity index (χ0n) is 17.3. The highest BCUT2D eigenvalue weighted by Gasteiger charge is 2.36. The summed E-state index contributed by atoms with van der Waals surface area (Å²) >= 11 is 19.7. The molecule has 0 aliphatic rings. The number of aryl methyl sites for hydroxylation is 1. The number of halogens is 3. The Morgan fingerprint density at radius 1 is 1.06 bits per heavy atom. The largest absolute Gasteiger partial charge is 0.462 e. The van der Waals surface area contributed by atoms with E-state index in [4.69, 9.17) is 39.5 Å². The zero-order valence-corrected chi connectivity index (χ0v) is 20.4. The maximum Gasteiger partial charge on any atom is 0.341 e. The van der Waals surface area contributed by atoms with Crippen molar-refractivity contribution in [3.8, 4) is 11.1 Å². The topological polar surface area (TPSA) is 67.4 Å². The fourth-order valence-corrected chi connectivity index (χ4v) is 4.26. The SMILES string of the molecule is CCOC(=O)c1c(-c2ccccc2)csc1NC(NC(=O)c1ccc(C)cc1)C(Cl)(Cl)Cl. The van der Waals surface area contributed by atoms with Crippen LogP contribution >= 0.6 is 46.1 Å². The van der Waals surface area contributed by atoms with Crippen LogP contribution in [0.2, 0.25) is 0 Å². The molecule has 0 spiro atoms. The molecule has 0 aliphatic carbocycles. The van der Waals surface area contributed by atoms with Crippen molar-refractivity contribution in [1.82, 2.24) is 5.32 Å². The van der Waals surface area contributed by atoms with Crippen molar-refractivity contribution in [2.24, 2.45) is 0 Å². The number of alkyl halides is 3. The van der Waals surface area contributed by atoms with Crippen LogP contribution in [0.25, 0.3) is 11.1 Å². The van der Waals surface area contributed by atoms with Gasteiger partial charge in [-0.3, -0.25) is 4.79 Å². The number of carbonyl (C=O) groups is 2. The number of anilines is 1. The molecule has 0 radical (unpaired) electrons. The summed E-state index contributed by atoms with van der Waals surface area (Å²) in [6.45, 7) is 3.86. The molecule has 0 saturated heterocycles. The van der Waals surface area contributed by atoms with E-state index in [1.54, 1.807) is 19.1 Å². The van der Waals surface area contributed by atoms with E-state index in [0.29, 0.717) is 21.7 Å². The minimum atomic E-state index is -1.90. The van der Waals surface area contributed by atoms with Gasteiger partial charge in [0.1, 0.15) is 16.7 Å². The number of hydrogen-bond acceptors (Lipinski definition) is 5. The van der Waals surface area contributed by atoms with E-state index in [2.05, 4.69) is 10.6 Å². The first-order valence-corrected chi connectivity index (χ1v) is 11.8. The Morgan fingerprint density at radius 3 is 2.31 bits per heavy atom. The average molecular weight is 512 g/mol. The summed E-state index contributed by atoms with van der Waals surface area (Å²) in [5.41, 5.74) is 3.27. The fraction of sp³-hybridized carbons (Fsp3) is 0.217. The van der Waals surface area contributed by atoms with Gasteiger partial charge in [-0.2, -0.15) is 0 Å². The molecule has 32 heavy (non-hydrogen) atoms. The molecule has 2 aromatic carbocycles. The first-order chi connectivity index (χ1) is 15.2. The molecule has 0 bridgehead atoms. The lowest BCUT2D eigenvalue weighted by atomic mass is 10.0. The molecule has 9 heteroatoms. The normalized spacial score (nSPS) is 12.2. The second kappa shape index (κ2) is 10.6. The summed E-state index contributed by atoms with van der Waals surface area (Å²) < 4.78 is 3.36. The Kier molecular flexibility index (Phi) is 8.06. The summed E-state index contributed by atoms with van der Waals surface area (Å²) in [4.78, 5) is 25.5. The molecular weight excluding hydrogens is 491 g/mol. The van der Waals surface area contributed by atoms with Gasteiger partial charge in [0.2, 0.25) is 3.79 Å². The van der Waals surface area contributed by atoms with Gasteiger partial charge >= 0.3 is 5.97 Å². The lowest BCUT2D eigenvalue weighted by Crippen LogP contribution is -2.49. The molecule has 168 valence electrons. The minimum absolute atomic E-state index is 0.209. The van der Waals surface area contributed by atoms with Crippen LogP contribution in [0.1, 0.15) is 33.2 Å². The first kappa shape index (κ1) is 24.4. The number of hydrogen-bond donors (Lipinski definition) is 2. The zero-order chi connectivity index (χ0) is 23.3. The van der Waals surface area contributed by atoms with Gasteiger partial charge < -0.3 is 15.4 Å². The number of carbonyl (C=O) groups excluding carboxylic acids is 2. The van der Waals surface area contributed by atoms with E-state index < -0.39 is 21.8 Å². The Labute approximate surface area is 205 Å². The van der Waals surface area contributed by atoms with E-state index >= 15 is 0 Å². The number of rotatable bonds is 7. The Bertz CT molecular complexity index is 1080. The Hall–Kier alpha value is -2.25. The Balaban J connectivity index is 1.94. The lowest BCUT2D eigenvalue weighted by Gasteiger charge is -2.27. The predicted molar refractivity (Wildman–Crippen MR) is 132 cm³/mol. The van der Waals surface area contributed by atoms with Crippen molar-refractivity contribution < 1.29 is 14.3 Å². The van der Waals surface area contributed by atoms with E-state index in [1.165, 1.54) is 11.3 Å². The van der Waals surface area contributed by atoms with Gasteiger partial charge in [0.05, 0.1) is 6.61 Å². The highest BCUT2D eigenvalue weighted by Crippen LogP contribution is 2.39. The van der Waals surface area contributed by atoms with Gasteiger partial charge in [-0.05, 0) is 31.5 Å². The molecule has 1 unspecified atom stereocenters. The van der Waals surface area contributed by atoms with Gasteiger partial charge in [0, 0.05) is 16.5 Å². The summed E-state index contributed by atoms with van der Waals surface area (Å²) in [6, 6.07) is 16.4. The number of benzene rings is 2. The fourth-order valence-electron chi connectivity index (χ4n) is 2.95. The van der Waals surface area contributed by atoms with Crippen LogP contribution in [-0.4, -0.2) is 28.4 Å². The molecule has 0 saturated carbocycles. The third-order valence-corrected chi connectivity index (χ3v) is 6.11. The predicted octanol–water partition coefficient (Wildman–Crippen LogP) is 6.44. The highest BCUT2D eigenvalue weighted by atomic mass is 35.6. The lowest BCUT2D eigenvalue weighted by molar-refractivity contribution is 0.0529. The monoisotopic (exact) mass is 510 g/mol. The van der Waals surface area contributed by atoms with E-state index in [9.17, 15) is 9.59 Å². The molecule has 1 amide bonds. The molecule has 1 atom stereocenters. The molecule has 0 fully saturated rings. The molecule has 5 nitrogen and oxygen atoms in total. The van der Waals surface area contributed by atoms with Crippen molar-refractivity contribution in [1.29, 1.82) is 0 Å². The molecule has 3 rings (SSSR count). The van der Waals surface area contributed by atoms with Crippen molar-refractivity contribution in [2.45, 2.75) is 23.8 Å². The van der Waals surface area contributed by atoms with E-state index in [1.807, 2.05) is 54.8 Å². The minimum Gasteiger partial charge on any atom is -0.462 e. The number of ether oxygens (including phenoxy) is 1. The third kappa shape index (κ3) is 5.95. The summed E-state index contributed by atoms with van der Waals surface area (Å²) in [5, 5.41) is 7.96. The maximum atomic E-state index is 12.8. The van der Waals surface area contributed by atoms with E-state index in [0.717, 1.165) is 11.1 Å². The Morgan fingerprint density at radius 2 is 1.72 bits per heavy atom. The van der Waals surface area contributed by atoms with Crippen LogP contribution in [0.4, 0.5) is 5.00 Å².